The van der Waals surface area contributed by atoms with Crippen molar-refractivity contribution in [2.75, 3.05) is 13.7 Å². The number of ether oxygens (including phenoxy) is 1. The average molecular weight is 332 g/mol. The molecule has 0 saturated carbocycles. The third-order valence-corrected chi connectivity index (χ3v) is 4.62. The highest BCUT2D eigenvalue weighted by molar-refractivity contribution is 6.55. The van der Waals surface area contributed by atoms with Crippen molar-refractivity contribution >= 4 is 19.2 Å². The van der Waals surface area contributed by atoms with Gasteiger partial charge in [0.2, 0.25) is 0 Å². The number of hydrogen-bond donors (Lipinski definition) is 1. The van der Waals surface area contributed by atoms with Gasteiger partial charge in [0.1, 0.15) is 0 Å². The number of hydrogen-bond acceptors (Lipinski definition) is 5. The van der Waals surface area contributed by atoms with E-state index in [1.807, 2.05) is 58.0 Å². The second-order valence-electron chi connectivity index (χ2n) is 6.96. The maximum atomic E-state index is 11.4. The Morgan fingerprint density at radius 1 is 1.25 bits per heavy atom. The Morgan fingerprint density at radius 3 is 2.42 bits per heavy atom. The van der Waals surface area contributed by atoms with Crippen molar-refractivity contribution in [2.24, 2.45) is 0 Å². The molecule has 1 N–H and O–H groups in total. The average Bonchev–Trinajstić information content (AvgIpc) is 2.73. The first-order valence-corrected chi connectivity index (χ1v) is 8.01. The van der Waals surface area contributed by atoms with Gasteiger partial charge < -0.3 is 19.2 Å². The summed E-state index contributed by atoms with van der Waals surface area (Å²) in [5.41, 5.74) is 1.44. The minimum atomic E-state index is -0.593. The predicted octanol–water partition coefficient (Wildman–Crippen LogP) is 2.41. The summed E-state index contributed by atoms with van der Waals surface area (Å²) in [6.45, 7) is 7.72. The van der Waals surface area contributed by atoms with Crippen molar-refractivity contribution in [3.63, 3.8) is 0 Å². The first-order valence-electron chi connectivity index (χ1n) is 8.01. The highest BCUT2D eigenvalue weighted by atomic mass is 16.7. The summed E-state index contributed by atoms with van der Waals surface area (Å²) >= 11 is 0. The fourth-order valence-electron chi connectivity index (χ4n) is 2.43. The van der Waals surface area contributed by atoms with Crippen molar-refractivity contribution in [1.82, 2.24) is 0 Å². The van der Waals surface area contributed by atoms with E-state index in [9.17, 15) is 9.90 Å². The molecule has 130 valence electrons. The van der Waals surface area contributed by atoms with Crippen LogP contribution < -0.4 is 0 Å². The molecule has 0 aliphatic carbocycles. The molecule has 1 saturated heterocycles. The largest absolute Gasteiger partial charge is 0.492 e. The van der Waals surface area contributed by atoms with Gasteiger partial charge >= 0.3 is 13.1 Å². The molecule has 1 heterocycles. The molecule has 0 bridgehead atoms. The van der Waals surface area contributed by atoms with Gasteiger partial charge in [-0.2, -0.15) is 0 Å². The molecule has 1 aliphatic heterocycles. The van der Waals surface area contributed by atoms with Gasteiger partial charge in [-0.05, 0) is 44.3 Å². The van der Waals surface area contributed by atoms with Crippen LogP contribution in [0.2, 0.25) is 0 Å². The van der Waals surface area contributed by atoms with Gasteiger partial charge in [-0.25, -0.2) is 0 Å². The quantitative estimate of drug-likeness (QED) is 0.663. The van der Waals surface area contributed by atoms with E-state index in [1.165, 1.54) is 7.11 Å². The number of aliphatic hydroxyl groups excluding tert-OH is 1. The number of rotatable bonds is 5. The topological polar surface area (TPSA) is 65.0 Å². The van der Waals surface area contributed by atoms with Crippen molar-refractivity contribution in [3.8, 4) is 0 Å². The summed E-state index contributed by atoms with van der Waals surface area (Å²) in [7, 11) is 0.776. The zero-order valence-corrected chi connectivity index (χ0v) is 15.0. The van der Waals surface area contributed by atoms with Gasteiger partial charge in [0.25, 0.3) is 0 Å². The Bertz CT molecular complexity index is 620. The SMILES string of the molecule is COC(=O)Cc1cccc(C=C(CO)B2OC(C)(C)C(C)(C)O2)c1. The lowest BCUT2D eigenvalue weighted by Crippen LogP contribution is -2.41. The highest BCUT2D eigenvalue weighted by Crippen LogP contribution is 2.38. The van der Waals surface area contributed by atoms with E-state index in [-0.39, 0.29) is 19.0 Å². The maximum absolute atomic E-state index is 11.4. The van der Waals surface area contributed by atoms with Crippen molar-refractivity contribution in [1.29, 1.82) is 0 Å². The summed E-state index contributed by atoms with van der Waals surface area (Å²) < 4.78 is 16.6. The third kappa shape index (κ3) is 4.07. The molecule has 0 amide bonds. The second-order valence-corrected chi connectivity index (χ2v) is 6.96. The molecule has 2 rings (SSSR count). The van der Waals surface area contributed by atoms with Crippen LogP contribution in [0.1, 0.15) is 38.8 Å². The Labute approximate surface area is 143 Å². The molecule has 6 heteroatoms. The van der Waals surface area contributed by atoms with Gasteiger partial charge in [0.15, 0.2) is 0 Å². The molecular weight excluding hydrogens is 307 g/mol. The normalized spacial score (nSPS) is 19.4. The lowest BCUT2D eigenvalue weighted by Gasteiger charge is -2.32. The van der Waals surface area contributed by atoms with Crippen LogP contribution in [0.5, 0.6) is 0 Å². The van der Waals surface area contributed by atoms with Crippen LogP contribution in [0.4, 0.5) is 0 Å². The molecule has 24 heavy (non-hydrogen) atoms. The second kappa shape index (κ2) is 7.09. The first kappa shape index (κ1) is 18.7. The number of carbonyl (C=O) groups is 1. The minimum absolute atomic E-state index is 0.169. The van der Waals surface area contributed by atoms with E-state index in [1.54, 1.807) is 0 Å². The van der Waals surface area contributed by atoms with Crippen LogP contribution >= 0.6 is 0 Å². The van der Waals surface area contributed by atoms with Crippen LogP contribution in [0, 0.1) is 0 Å². The number of benzene rings is 1. The predicted molar refractivity (Wildman–Crippen MR) is 93.3 cm³/mol. The minimum Gasteiger partial charge on any atom is -0.469 e. The molecule has 0 atom stereocenters. The van der Waals surface area contributed by atoms with Crippen molar-refractivity contribution < 1.29 is 23.9 Å². The van der Waals surface area contributed by atoms with Crippen LogP contribution in [0.3, 0.4) is 0 Å². The Hall–Kier alpha value is -1.63. The smallest absolute Gasteiger partial charge is 0.469 e. The zero-order chi connectivity index (χ0) is 18.0. The van der Waals surface area contributed by atoms with E-state index >= 15 is 0 Å². The molecule has 0 aromatic heterocycles. The molecule has 0 unspecified atom stereocenters. The maximum Gasteiger partial charge on any atom is 0.492 e. The third-order valence-electron chi connectivity index (χ3n) is 4.62. The van der Waals surface area contributed by atoms with Crippen molar-refractivity contribution in [3.05, 3.63) is 40.9 Å². The fourth-order valence-corrected chi connectivity index (χ4v) is 2.43. The summed E-state index contributed by atoms with van der Waals surface area (Å²) in [5, 5.41) is 9.74. The van der Waals surface area contributed by atoms with Gasteiger partial charge in [0.05, 0.1) is 31.3 Å². The van der Waals surface area contributed by atoms with Crippen molar-refractivity contribution in [2.45, 2.75) is 45.3 Å². The van der Waals surface area contributed by atoms with E-state index in [4.69, 9.17) is 9.31 Å². The van der Waals surface area contributed by atoms with E-state index < -0.39 is 18.3 Å². The van der Waals surface area contributed by atoms with Crippen LogP contribution in [-0.4, -0.2) is 43.1 Å². The molecule has 0 radical (unpaired) electrons. The number of esters is 1. The summed E-state index contributed by atoms with van der Waals surface area (Å²) in [4.78, 5) is 11.4. The van der Waals surface area contributed by atoms with E-state index in [0.717, 1.165) is 11.1 Å². The van der Waals surface area contributed by atoms with Gasteiger partial charge in [-0.15, -0.1) is 0 Å². The monoisotopic (exact) mass is 332 g/mol. The number of methoxy groups -OCH3 is 1. The molecule has 1 aromatic carbocycles. The Morgan fingerprint density at radius 2 is 1.88 bits per heavy atom. The molecule has 0 spiro atoms. The molecule has 1 aliphatic rings. The molecule has 1 aromatic rings. The van der Waals surface area contributed by atoms with Crippen LogP contribution in [-0.2, 0) is 25.3 Å². The van der Waals surface area contributed by atoms with E-state index in [0.29, 0.717) is 5.47 Å². The first-order chi connectivity index (χ1) is 11.2. The lowest BCUT2D eigenvalue weighted by atomic mass is 9.77. The summed E-state index contributed by atoms with van der Waals surface area (Å²) in [6, 6.07) is 7.52. The summed E-state index contributed by atoms with van der Waals surface area (Å²) in [6.07, 6.45) is 2.05. The Balaban J connectivity index is 2.22. The zero-order valence-electron chi connectivity index (χ0n) is 15.0. The standard InChI is InChI=1S/C18H25BO5/c1-17(2)18(3,4)24-19(23-17)15(12-20)10-13-7-6-8-14(9-13)11-16(21)22-5/h6-10,20H,11-12H2,1-5H3. The van der Waals surface area contributed by atoms with Crippen LogP contribution in [0.15, 0.2) is 29.7 Å². The number of aliphatic hydroxyl groups is 1. The Kier molecular flexibility index (Phi) is 5.53. The summed E-state index contributed by atoms with van der Waals surface area (Å²) in [5.74, 6) is -0.288. The van der Waals surface area contributed by atoms with Gasteiger partial charge in [-0.1, -0.05) is 30.3 Å². The fraction of sp³-hybridized carbons (Fsp3) is 0.500. The highest BCUT2D eigenvalue weighted by Gasteiger charge is 2.52. The number of carbonyl (C=O) groups excluding carboxylic acids is 1. The van der Waals surface area contributed by atoms with Gasteiger partial charge in [-0.3, -0.25) is 4.79 Å². The van der Waals surface area contributed by atoms with Crippen LogP contribution in [0.25, 0.3) is 6.08 Å². The molecular formula is C18H25BO5. The lowest BCUT2D eigenvalue weighted by molar-refractivity contribution is -0.139. The van der Waals surface area contributed by atoms with E-state index in [2.05, 4.69) is 4.74 Å². The van der Waals surface area contributed by atoms with Gasteiger partial charge in [0, 0.05) is 0 Å². The molecule has 1 fully saturated rings. The molecule has 5 nitrogen and oxygen atoms in total.